The molecule has 3 rings (SSSR count). The fourth-order valence-electron chi connectivity index (χ4n) is 3.87. The van der Waals surface area contributed by atoms with Crippen molar-refractivity contribution in [1.29, 1.82) is 0 Å². The largest absolute Gasteiger partial charge is 0.423 e. The highest BCUT2D eigenvalue weighted by molar-refractivity contribution is 5.74. The molecule has 2 aromatic rings. The molecule has 10 nitrogen and oxygen atoms in total. The van der Waals surface area contributed by atoms with E-state index in [9.17, 15) is 19.2 Å². The highest BCUT2D eigenvalue weighted by Crippen LogP contribution is 2.31. The van der Waals surface area contributed by atoms with Crippen molar-refractivity contribution in [3.8, 4) is 23.0 Å². The summed E-state index contributed by atoms with van der Waals surface area (Å²) in [5.74, 6) is -1.12. The number of piperazine rings is 1. The van der Waals surface area contributed by atoms with Gasteiger partial charge < -0.3 is 18.9 Å². The predicted octanol–water partition coefficient (Wildman–Crippen LogP) is 2.71. The molecule has 0 amide bonds. The Morgan fingerprint density at radius 2 is 0.861 bits per heavy atom. The summed E-state index contributed by atoms with van der Waals surface area (Å²) in [4.78, 5) is 50.1. The Labute approximate surface area is 209 Å². The van der Waals surface area contributed by atoms with Crippen LogP contribution in [0.5, 0.6) is 23.0 Å². The molecule has 0 bridgehead atoms. The minimum atomic E-state index is -0.494. The lowest BCUT2D eigenvalue weighted by atomic mass is 10.1. The fourth-order valence-corrected chi connectivity index (χ4v) is 3.87. The molecule has 0 radical (unpaired) electrons. The molecule has 1 fully saturated rings. The molecular weight excluding hydrogens is 468 g/mol. The quantitative estimate of drug-likeness (QED) is 0.398. The second-order valence-electron chi connectivity index (χ2n) is 8.49. The van der Waals surface area contributed by atoms with Gasteiger partial charge in [0.2, 0.25) is 0 Å². The third-order valence-corrected chi connectivity index (χ3v) is 5.31. The smallest absolute Gasteiger partial charge is 0.308 e. The Hall–Kier alpha value is -3.76. The molecule has 0 spiro atoms. The molecule has 0 N–H and O–H groups in total. The molecule has 0 aromatic heterocycles. The van der Waals surface area contributed by atoms with Crippen LogP contribution in [-0.4, -0.2) is 59.9 Å². The number of hydrogen-bond acceptors (Lipinski definition) is 10. The van der Waals surface area contributed by atoms with Crippen molar-refractivity contribution in [2.45, 2.75) is 40.8 Å². The van der Waals surface area contributed by atoms with Gasteiger partial charge in [0.05, 0.1) is 0 Å². The number of ether oxygens (including phenoxy) is 4. The minimum absolute atomic E-state index is 0.208. The maximum atomic E-state index is 11.5. The maximum Gasteiger partial charge on any atom is 0.308 e. The zero-order valence-electron chi connectivity index (χ0n) is 20.9. The van der Waals surface area contributed by atoms with E-state index < -0.39 is 23.9 Å². The van der Waals surface area contributed by atoms with E-state index in [4.69, 9.17) is 18.9 Å². The van der Waals surface area contributed by atoms with Crippen molar-refractivity contribution < 1.29 is 38.1 Å². The number of carbonyl (C=O) groups is 4. The summed E-state index contributed by atoms with van der Waals surface area (Å²) in [6, 6.07) is 10.4. The monoisotopic (exact) mass is 498 g/mol. The van der Waals surface area contributed by atoms with Crippen molar-refractivity contribution in [1.82, 2.24) is 9.80 Å². The Kier molecular flexibility index (Phi) is 9.15. The zero-order valence-corrected chi connectivity index (χ0v) is 20.9. The van der Waals surface area contributed by atoms with E-state index in [1.807, 2.05) is 12.1 Å². The zero-order chi connectivity index (χ0) is 26.2. The van der Waals surface area contributed by atoms with E-state index in [0.29, 0.717) is 13.1 Å². The van der Waals surface area contributed by atoms with Gasteiger partial charge >= 0.3 is 23.9 Å². The van der Waals surface area contributed by atoms with Crippen molar-refractivity contribution in [2.24, 2.45) is 0 Å². The molecule has 1 saturated heterocycles. The van der Waals surface area contributed by atoms with E-state index in [1.54, 1.807) is 24.3 Å². The van der Waals surface area contributed by atoms with Crippen LogP contribution < -0.4 is 18.9 Å². The summed E-state index contributed by atoms with van der Waals surface area (Å²) >= 11 is 0. The average molecular weight is 499 g/mol. The SMILES string of the molecule is CC(=O)Oc1ccc(CN2CCN(Cc3ccc(OC(C)=O)c(OC(C)=O)c3)CC2)cc1OC(C)=O. The molecule has 1 aliphatic rings. The first-order valence-electron chi connectivity index (χ1n) is 11.5. The number of benzene rings is 2. The third-order valence-electron chi connectivity index (χ3n) is 5.31. The summed E-state index contributed by atoms with van der Waals surface area (Å²) in [6.07, 6.45) is 0. The van der Waals surface area contributed by atoms with E-state index in [-0.39, 0.29) is 23.0 Å². The van der Waals surface area contributed by atoms with Gasteiger partial charge in [0.25, 0.3) is 0 Å². The van der Waals surface area contributed by atoms with Crippen molar-refractivity contribution in [3.63, 3.8) is 0 Å². The first-order valence-corrected chi connectivity index (χ1v) is 11.5. The lowest BCUT2D eigenvalue weighted by molar-refractivity contribution is -0.134. The number of nitrogens with zero attached hydrogens (tertiary/aromatic N) is 2. The molecule has 1 heterocycles. The lowest BCUT2D eigenvalue weighted by Gasteiger charge is -2.34. The number of esters is 4. The second kappa shape index (κ2) is 12.3. The fraction of sp³-hybridized carbons (Fsp3) is 0.385. The van der Waals surface area contributed by atoms with E-state index in [0.717, 1.165) is 37.3 Å². The van der Waals surface area contributed by atoms with Gasteiger partial charge in [0.15, 0.2) is 23.0 Å². The van der Waals surface area contributed by atoms with Gasteiger partial charge in [-0.15, -0.1) is 0 Å². The van der Waals surface area contributed by atoms with Gasteiger partial charge in [-0.2, -0.15) is 0 Å². The van der Waals surface area contributed by atoms with Gasteiger partial charge in [-0.1, -0.05) is 12.1 Å². The van der Waals surface area contributed by atoms with E-state index in [2.05, 4.69) is 9.80 Å². The molecule has 2 aromatic carbocycles. The van der Waals surface area contributed by atoms with Crippen molar-refractivity contribution in [2.75, 3.05) is 26.2 Å². The molecule has 192 valence electrons. The van der Waals surface area contributed by atoms with Gasteiger partial charge in [-0.05, 0) is 35.4 Å². The van der Waals surface area contributed by atoms with Crippen LogP contribution in [0.2, 0.25) is 0 Å². The molecular formula is C26H30N2O8. The summed E-state index contributed by atoms with van der Waals surface area (Å²) in [5.41, 5.74) is 1.87. The summed E-state index contributed by atoms with van der Waals surface area (Å²) in [7, 11) is 0. The number of rotatable bonds is 8. The highest BCUT2D eigenvalue weighted by Gasteiger charge is 2.20. The van der Waals surface area contributed by atoms with Crippen LogP contribution >= 0.6 is 0 Å². The van der Waals surface area contributed by atoms with Crippen LogP contribution in [0.15, 0.2) is 36.4 Å². The summed E-state index contributed by atoms with van der Waals surface area (Å²) in [5, 5.41) is 0. The summed E-state index contributed by atoms with van der Waals surface area (Å²) < 4.78 is 20.7. The van der Waals surface area contributed by atoms with Crippen LogP contribution in [0.1, 0.15) is 38.8 Å². The third kappa shape index (κ3) is 8.17. The van der Waals surface area contributed by atoms with Crippen LogP contribution in [0, 0.1) is 0 Å². The predicted molar refractivity (Wildman–Crippen MR) is 129 cm³/mol. The molecule has 0 saturated carbocycles. The number of carbonyl (C=O) groups excluding carboxylic acids is 4. The normalized spacial score (nSPS) is 14.1. The molecule has 0 unspecified atom stereocenters. The first-order chi connectivity index (χ1) is 17.1. The Morgan fingerprint density at radius 3 is 1.17 bits per heavy atom. The van der Waals surface area contributed by atoms with Gasteiger partial charge in [0.1, 0.15) is 0 Å². The van der Waals surface area contributed by atoms with Gasteiger partial charge in [-0.3, -0.25) is 29.0 Å². The lowest BCUT2D eigenvalue weighted by Crippen LogP contribution is -2.45. The topological polar surface area (TPSA) is 112 Å². The van der Waals surface area contributed by atoms with Crippen molar-refractivity contribution >= 4 is 23.9 Å². The number of hydrogen-bond donors (Lipinski definition) is 0. The molecule has 36 heavy (non-hydrogen) atoms. The molecule has 0 atom stereocenters. The van der Waals surface area contributed by atoms with E-state index >= 15 is 0 Å². The molecule has 10 heteroatoms. The van der Waals surface area contributed by atoms with Gasteiger partial charge in [0, 0.05) is 67.0 Å². The van der Waals surface area contributed by atoms with E-state index in [1.165, 1.54) is 27.7 Å². The van der Waals surface area contributed by atoms with Crippen LogP contribution in [-0.2, 0) is 32.3 Å². The minimum Gasteiger partial charge on any atom is -0.423 e. The Bertz CT molecular complexity index is 1050. The molecule has 0 aliphatic carbocycles. The van der Waals surface area contributed by atoms with Crippen LogP contribution in [0.3, 0.4) is 0 Å². The standard InChI is InChI=1S/C26H30N2O8/c1-17(29)33-23-7-5-21(13-25(23)35-19(3)31)15-27-9-11-28(12-10-27)16-22-6-8-24(34-18(2)30)26(14-22)36-20(4)32/h5-8,13-14H,9-12,15-16H2,1-4H3. The second-order valence-corrected chi connectivity index (χ2v) is 8.49. The van der Waals surface area contributed by atoms with Crippen molar-refractivity contribution in [3.05, 3.63) is 47.5 Å². The summed E-state index contributed by atoms with van der Waals surface area (Å²) in [6.45, 7) is 9.73. The Morgan fingerprint density at radius 1 is 0.556 bits per heavy atom. The molecule has 1 aliphatic heterocycles. The highest BCUT2D eigenvalue weighted by atomic mass is 16.6. The first kappa shape index (κ1) is 26.8. The maximum absolute atomic E-state index is 11.5. The average Bonchev–Trinajstić information content (AvgIpc) is 2.77. The van der Waals surface area contributed by atoms with Crippen LogP contribution in [0.4, 0.5) is 0 Å². The van der Waals surface area contributed by atoms with Crippen LogP contribution in [0.25, 0.3) is 0 Å². The van der Waals surface area contributed by atoms with Gasteiger partial charge in [-0.25, -0.2) is 0 Å². The Balaban J connectivity index is 1.60.